The molecule has 0 aliphatic carbocycles. The van der Waals surface area contributed by atoms with Gasteiger partial charge < -0.3 is 14.2 Å². The first-order valence-corrected chi connectivity index (χ1v) is 11.2. The van der Waals surface area contributed by atoms with Gasteiger partial charge in [-0.1, -0.05) is 28.9 Å². The topological polar surface area (TPSA) is 106 Å². The van der Waals surface area contributed by atoms with E-state index in [1.807, 2.05) is 24.3 Å². The fourth-order valence-electron chi connectivity index (χ4n) is 3.78. The van der Waals surface area contributed by atoms with Crippen molar-refractivity contribution in [2.45, 2.75) is 19.1 Å². The highest BCUT2D eigenvalue weighted by Crippen LogP contribution is 2.30. The van der Waals surface area contributed by atoms with E-state index in [1.54, 1.807) is 48.5 Å². The van der Waals surface area contributed by atoms with Gasteiger partial charge in [0.15, 0.2) is 6.04 Å². The van der Waals surface area contributed by atoms with Crippen LogP contribution in [0.25, 0.3) is 11.0 Å². The minimum atomic E-state index is -1.09. The zero-order valence-corrected chi connectivity index (χ0v) is 19.1. The van der Waals surface area contributed by atoms with Crippen molar-refractivity contribution in [2.75, 3.05) is 4.90 Å². The summed E-state index contributed by atoms with van der Waals surface area (Å²) in [6, 6.07) is 19.7. The van der Waals surface area contributed by atoms with Gasteiger partial charge in [-0.25, -0.2) is 4.68 Å². The van der Waals surface area contributed by atoms with Gasteiger partial charge in [0, 0.05) is 10.7 Å². The van der Waals surface area contributed by atoms with Crippen molar-refractivity contribution in [3.63, 3.8) is 0 Å². The van der Waals surface area contributed by atoms with Crippen molar-refractivity contribution in [1.29, 1.82) is 0 Å². The minimum Gasteiger partial charge on any atom is -0.467 e. The highest BCUT2D eigenvalue weighted by Gasteiger charge is 2.35. The lowest BCUT2D eigenvalue weighted by molar-refractivity contribution is -0.127. The maximum Gasteiger partial charge on any atom is 0.251 e. The van der Waals surface area contributed by atoms with Gasteiger partial charge in [-0.2, -0.15) is 0 Å². The van der Waals surface area contributed by atoms with E-state index in [9.17, 15) is 9.59 Å². The van der Waals surface area contributed by atoms with Gasteiger partial charge in [0.05, 0.1) is 24.6 Å². The summed E-state index contributed by atoms with van der Waals surface area (Å²) in [5, 5.41) is 11.6. The van der Waals surface area contributed by atoms with Gasteiger partial charge in [0.2, 0.25) is 5.91 Å². The number of benzene rings is 2. The molecule has 3 heterocycles. The number of nitrogens with one attached hydrogen (secondary N) is 1. The molecule has 5 rings (SSSR count). The van der Waals surface area contributed by atoms with Gasteiger partial charge in [-0.05, 0) is 60.7 Å². The molecule has 10 heteroatoms. The molecule has 35 heavy (non-hydrogen) atoms. The van der Waals surface area contributed by atoms with Crippen LogP contribution in [0.15, 0.2) is 94.2 Å². The summed E-state index contributed by atoms with van der Waals surface area (Å²) in [6.45, 7) is 0.00517. The van der Waals surface area contributed by atoms with E-state index in [2.05, 4.69) is 15.6 Å². The molecule has 9 nitrogen and oxygen atoms in total. The van der Waals surface area contributed by atoms with E-state index in [-0.39, 0.29) is 13.1 Å². The van der Waals surface area contributed by atoms with Gasteiger partial charge in [-0.3, -0.25) is 14.5 Å². The van der Waals surface area contributed by atoms with Gasteiger partial charge in [0.1, 0.15) is 23.6 Å². The summed E-state index contributed by atoms with van der Waals surface area (Å²) >= 11 is 6.09. The molecule has 0 spiro atoms. The molecule has 0 fully saturated rings. The summed E-state index contributed by atoms with van der Waals surface area (Å²) in [5.41, 5.74) is 1.84. The molecule has 3 aromatic heterocycles. The number of halogens is 1. The fraction of sp³-hybridized carbons (Fsp3) is 0.120. The van der Waals surface area contributed by atoms with Crippen LogP contribution in [0.2, 0.25) is 5.02 Å². The monoisotopic (exact) mass is 489 g/mol. The van der Waals surface area contributed by atoms with Crippen LogP contribution in [0.5, 0.6) is 0 Å². The standard InChI is InChI=1S/C25H20ClN5O4/c26-17-9-11-18(12-10-17)31(23(32)16-30-21-7-2-1-6-20(21)28-29-30)24(22-8-4-14-35-22)25(33)27-15-19-5-3-13-34-19/h1-14,24H,15-16H2,(H,27,33). The van der Waals surface area contributed by atoms with E-state index >= 15 is 0 Å². The van der Waals surface area contributed by atoms with Crippen molar-refractivity contribution in [3.8, 4) is 0 Å². The Kier molecular flexibility index (Phi) is 6.32. The molecular weight excluding hydrogens is 470 g/mol. The quantitative estimate of drug-likeness (QED) is 0.347. The summed E-state index contributed by atoms with van der Waals surface area (Å²) < 4.78 is 12.4. The van der Waals surface area contributed by atoms with E-state index in [0.29, 0.717) is 33.3 Å². The van der Waals surface area contributed by atoms with Gasteiger partial charge >= 0.3 is 0 Å². The molecule has 5 aromatic rings. The van der Waals surface area contributed by atoms with Crippen LogP contribution in [-0.2, 0) is 22.7 Å². The van der Waals surface area contributed by atoms with Gasteiger partial charge in [-0.15, -0.1) is 5.10 Å². The molecule has 0 saturated carbocycles. The van der Waals surface area contributed by atoms with Crippen molar-refractivity contribution < 1.29 is 18.4 Å². The molecule has 0 aliphatic heterocycles. The number of amides is 2. The molecule has 2 amide bonds. The average molecular weight is 490 g/mol. The average Bonchev–Trinajstić information content (AvgIpc) is 3.65. The minimum absolute atomic E-state index is 0.147. The maximum absolute atomic E-state index is 13.8. The van der Waals surface area contributed by atoms with E-state index in [4.69, 9.17) is 20.4 Å². The number of nitrogens with zero attached hydrogens (tertiary/aromatic N) is 4. The number of fused-ring (bicyclic) bond motifs is 1. The number of hydrogen-bond donors (Lipinski definition) is 1. The number of carbonyl (C=O) groups is 2. The first-order valence-electron chi connectivity index (χ1n) is 10.8. The maximum atomic E-state index is 13.8. The molecule has 2 aromatic carbocycles. The number of furan rings is 2. The van der Waals surface area contributed by atoms with Crippen molar-refractivity contribution >= 4 is 40.1 Å². The molecular formula is C25H20ClN5O4. The third kappa shape index (κ3) is 4.80. The summed E-state index contributed by atoms with van der Waals surface area (Å²) in [4.78, 5) is 28.6. The Labute approximate surface area is 204 Å². The third-order valence-corrected chi connectivity index (χ3v) is 5.67. The van der Waals surface area contributed by atoms with Crippen LogP contribution in [0.4, 0.5) is 5.69 Å². The predicted molar refractivity (Wildman–Crippen MR) is 128 cm³/mol. The molecule has 1 atom stereocenters. The number of hydrogen-bond acceptors (Lipinski definition) is 6. The SMILES string of the molecule is O=C(NCc1ccco1)C(c1ccco1)N(C(=O)Cn1nnc2ccccc21)c1ccc(Cl)cc1. The van der Waals surface area contributed by atoms with Gasteiger partial charge in [0.25, 0.3) is 5.91 Å². The number of para-hydroxylation sites is 1. The zero-order chi connectivity index (χ0) is 24.2. The van der Waals surface area contributed by atoms with Crippen LogP contribution in [0.3, 0.4) is 0 Å². The lowest BCUT2D eigenvalue weighted by Gasteiger charge is -2.30. The fourth-order valence-corrected chi connectivity index (χ4v) is 3.91. The lowest BCUT2D eigenvalue weighted by Crippen LogP contribution is -2.45. The Bertz CT molecular complexity index is 1430. The van der Waals surface area contributed by atoms with E-state index in [1.165, 1.54) is 22.1 Å². The highest BCUT2D eigenvalue weighted by molar-refractivity contribution is 6.30. The molecule has 176 valence electrons. The van der Waals surface area contributed by atoms with Crippen LogP contribution in [0, 0.1) is 0 Å². The van der Waals surface area contributed by atoms with Crippen LogP contribution in [-0.4, -0.2) is 26.8 Å². The van der Waals surface area contributed by atoms with E-state index < -0.39 is 17.9 Å². The van der Waals surface area contributed by atoms with Crippen LogP contribution < -0.4 is 10.2 Å². The second-order valence-corrected chi connectivity index (χ2v) is 8.13. The molecule has 0 saturated heterocycles. The first kappa shape index (κ1) is 22.4. The molecule has 1 N–H and O–H groups in total. The van der Waals surface area contributed by atoms with Crippen LogP contribution >= 0.6 is 11.6 Å². The van der Waals surface area contributed by atoms with Crippen molar-refractivity contribution in [2.24, 2.45) is 0 Å². The summed E-state index contributed by atoms with van der Waals surface area (Å²) in [5.74, 6) is 0.0457. The third-order valence-electron chi connectivity index (χ3n) is 5.41. The summed E-state index contributed by atoms with van der Waals surface area (Å²) in [6.07, 6.45) is 2.98. The second-order valence-electron chi connectivity index (χ2n) is 7.69. The summed E-state index contributed by atoms with van der Waals surface area (Å²) in [7, 11) is 0. The predicted octanol–water partition coefficient (Wildman–Crippen LogP) is 4.36. The Morgan fingerprint density at radius 2 is 1.74 bits per heavy atom. The van der Waals surface area contributed by atoms with Crippen molar-refractivity contribution in [1.82, 2.24) is 20.3 Å². The largest absolute Gasteiger partial charge is 0.467 e. The van der Waals surface area contributed by atoms with E-state index in [0.717, 1.165) is 0 Å². The Morgan fingerprint density at radius 3 is 2.49 bits per heavy atom. The van der Waals surface area contributed by atoms with Crippen LogP contribution in [0.1, 0.15) is 17.6 Å². The number of anilines is 1. The molecule has 0 radical (unpaired) electrons. The Hall–Kier alpha value is -4.37. The molecule has 1 unspecified atom stereocenters. The lowest BCUT2D eigenvalue weighted by atomic mass is 10.1. The number of aromatic nitrogens is 3. The Morgan fingerprint density at radius 1 is 0.971 bits per heavy atom. The first-order chi connectivity index (χ1) is 17.1. The number of rotatable bonds is 8. The highest BCUT2D eigenvalue weighted by atomic mass is 35.5. The van der Waals surface area contributed by atoms with Crippen molar-refractivity contribution in [3.05, 3.63) is 102 Å². The smallest absolute Gasteiger partial charge is 0.251 e. The molecule has 0 aliphatic rings. The normalized spacial score (nSPS) is 11.9. The second kappa shape index (κ2) is 9.86. The Balaban J connectivity index is 1.51. The zero-order valence-electron chi connectivity index (χ0n) is 18.4. The molecule has 0 bridgehead atoms. The number of carbonyl (C=O) groups excluding carboxylic acids is 2.